The summed E-state index contributed by atoms with van der Waals surface area (Å²) in [5, 5.41) is 13.7. The molecule has 0 bridgehead atoms. The highest BCUT2D eigenvalue weighted by atomic mass is 16.5. The standard InChI is InChI=1S/C19H19N3O6/c1-11-8-14(23)13(19(24)27-11)10-20-7-6-17-21-18(22-28-17)12-4-5-15(25-2)16(9-12)26-3/h4-5,8-10,23H,6-7H2,1-3H3. The maximum Gasteiger partial charge on any atom is 0.348 e. The van der Waals surface area contributed by atoms with Gasteiger partial charge >= 0.3 is 5.63 Å². The van der Waals surface area contributed by atoms with Gasteiger partial charge in [-0.1, -0.05) is 5.16 Å². The molecular weight excluding hydrogens is 366 g/mol. The van der Waals surface area contributed by atoms with Gasteiger partial charge in [0, 0.05) is 30.8 Å². The van der Waals surface area contributed by atoms with E-state index in [1.165, 1.54) is 12.3 Å². The maximum absolute atomic E-state index is 11.7. The second-order valence-corrected chi connectivity index (χ2v) is 5.81. The Morgan fingerprint density at radius 2 is 2.00 bits per heavy atom. The molecule has 0 aliphatic carbocycles. The largest absolute Gasteiger partial charge is 0.507 e. The number of aromatic hydroxyl groups is 1. The quantitative estimate of drug-likeness (QED) is 0.616. The van der Waals surface area contributed by atoms with E-state index in [0.29, 0.717) is 41.9 Å². The number of nitrogens with zero attached hydrogens (tertiary/aromatic N) is 3. The van der Waals surface area contributed by atoms with E-state index in [2.05, 4.69) is 15.1 Å². The molecule has 9 nitrogen and oxygen atoms in total. The van der Waals surface area contributed by atoms with Crippen LogP contribution in [0.1, 0.15) is 17.2 Å². The van der Waals surface area contributed by atoms with E-state index in [1.54, 1.807) is 39.3 Å². The van der Waals surface area contributed by atoms with Crippen LogP contribution >= 0.6 is 0 Å². The minimum Gasteiger partial charge on any atom is -0.507 e. The van der Waals surface area contributed by atoms with Crippen LogP contribution in [0.4, 0.5) is 0 Å². The lowest BCUT2D eigenvalue weighted by molar-refractivity contribution is 0.355. The summed E-state index contributed by atoms with van der Waals surface area (Å²) < 4.78 is 20.6. The van der Waals surface area contributed by atoms with E-state index >= 15 is 0 Å². The normalized spacial score (nSPS) is 11.1. The lowest BCUT2D eigenvalue weighted by atomic mass is 10.2. The van der Waals surface area contributed by atoms with Crippen molar-refractivity contribution >= 4 is 6.21 Å². The van der Waals surface area contributed by atoms with Crippen molar-refractivity contribution in [3.63, 3.8) is 0 Å². The zero-order valence-electron chi connectivity index (χ0n) is 15.6. The lowest BCUT2D eigenvalue weighted by Crippen LogP contribution is -2.07. The highest BCUT2D eigenvalue weighted by Gasteiger charge is 2.12. The molecule has 3 rings (SSSR count). The zero-order valence-corrected chi connectivity index (χ0v) is 15.6. The molecule has 0 atom stereocenters. The average molecular weight is 385 g/mol. The number of aliphatic imine (C=N–C) groups is 1. The fourth-order valence-electron chi connectivity index (χ4n) is 2.49. The molecule has 1 N–H and O–H groups in total. The molecule has 0 fully saturated rings. The second kappa shape index (κ2) is 8.38. The maximum atomic E-state index is 11.7. The van der Waals surface area contributed by atoms with Crippen molar-refractivity contribution in [2.75, 3.05) is 20.8 Å². The van der Waals surface area contributed by atoms with Crippen molar-refractivity contribution in [2.45, 2.75) is 13.3 Å². The Labute approximate surface area is 160 Å². The molecule has 3 aromatic rings. The molecule has 0 unspecified atom stereocenters. The molecule has 2 aromatic heterocycles. The highest BCUT2D eigenvalue weighted by Crippen LogP contribution is 2.31. The predicted octanol–water partition coefficient (Wildman–Crippen LogP) is 2.38. The van der Waals surface area contributed by atoms with Gasteiger partial charge in [-0.3, -0.25) is 4.99 Å². The monoisotopic (exact) mass is 385 g/mol. The average Bonchev–Trinajstić information content (AvgIpc) is 3.15. The van der Waals surface area contributed by atoms with E-state index in [-0.39, 0.29) is 11.3 Å². The van der Waals surface area contributed by atoms with Crippen LogP contribution in [-0.4, -0.2) is 42.2 Å². The smallest absolute Gasteiger partial charge is 0.348 e. The van der Waals surface area contributed by atoms with Gasteiger partial charge in [-0.2, -0.15) is 4.98 Å². The number of methoxy groups -OCH3 is 2. The van der Waals surface area contributed by atoms with Gasteiger partial charge in [0.1, 0.15) is 17.1 Å². The van der Waals surface area contributed by atoms with E-state index in [0.717, 1.165) is 5.56 Å². The van der Waals surface area contributed by atoms with Crippen LogP contribution in [0.2, 0.25) is 0 Å². The topological polar surface area (TPSA) is 120 Å². The number of aromatic nitrogens is 2. The molecule has 9 heteroatoms. The summed E-state index contributed by atoms with van der Waals surface area (Å²) in [5.74, 6) is 2.12. The van der Waals surface area contributed by atoms with Crippen molar-refractivity contribution in [2.24, 2.45) is 4.99 Å². The van der Waals surface area contributed by atoms with Crippen molar-refractivity contribution in [1.29, 1.82) is 0 Å². The molecule has 0 aliphatic heterocycles. The molecule has 146 valence electrons. The summed E-state index contributed by atoms with van der Waals surface area (Å²) >= 11 is 0. The summed E-state index contributed by atoms with van der Waals surface area (Å²) in [4.78, 5) is 20.1. The van der Waals surface area contributed by atoms with Gasteiger partial charge in [0.05, 0.1) is 14.2 Å². The molecule has 0 saturated heterocycles. The van der Waals surface area contributed by atoms with Gasteiger partial charge in [0.2, 0.25) is 11.7 Å². The third kappa shape index (κ3) is 4.20. The Hall–Kier alpha value is -3.62. The molecule has 0 amide bonds. The van der Waals surface area contributed by atoms with Crippen molar-refractivity contribution in [3.05, 3.63) is 51.9 Å². The number of benzene rings is 1. The van der Waals surface area contributed by atoms with Crippen LogP contribution < -0.4 is 15.1 Å². The molecule has 0 saturated carbocycles. The molecule has 1 aromatic carbocycles. The van der Waals surface area contributed by atoms with Crippen LogP contribution in [0.3, 0.4) is 0 Å². The SMILES string of the molecule is COc1ccc(-c2noc(CCN=Cc3c(O)cc(C)oc3=O)n2)cc1OC. The highest BCUT2D eigenvalue weighted by molar-refractivity contribution is 5.82. The van der Waals surface area contributed by atoms with Crippen LogP contribution in [0.15, 0.2) is 43.0 Å². The molecule has 2 heterocycles. The van der Waals surface area contributed by atoms with Gasteiger partial charge in [-0.05, 0) is 25.1 Å². The molecule has 0 aliphatic rings. The number of hydrogen-bond donors (Lipinski definition) is 1. The van der Waals surface area contributed by atoms with E-state index in [9.17, 15) is 9.90 Å². The predicted molar refractivity (Wildman–Crippen MR) is 100 cm³/mol. The summed E-state index contributed by atoms with van der Waals surface area (Å²) in [6.45, 7) is 1.87. The number of ether oxygens (including phenoxy) is 2. The van der Waals surface area contributed by atoms with Gasteiger partial charge in [-0.25, -0.2) is 4.79 Å². The fourth-order valence-corrected chi connectivity index (χ4v) is 2.49. The van der Waals surface area contributed by atoms with E-state index in [1.807, 2.05) is 0 Å². The fraction of sp³-hybridized carbons (Fsp3) is 0.263. The van der Waals surface area contributed by atoms with Crippen LogP contribution in [0.25, 0.3) is 11.4 Å². The van der Waals surface area contributed by atoms with Crippen molar-refractivity contribution in [1.82, 2.24) is 10.1 Å². The first-order chi connectivity index (χ1) is 13.5. The Bertz CT molecular complexity index is 1050. The van der Waals surface area contributed by atoms with Crippen LogP contribution in [0, 0.1) is 6.92 Å². The number of hydrogen-bond acceptors (Lipinski definition) is 9. The zero-order chi connectivity index (χ0) is 20.1. The van der Waals surface area contributed by atoms with Crippen LogP contribution in [0.5, 0.6) is 17.2 Å². The Kier molecular flexibility index (Phi) is 5.73. The van der Waals surface area contributed by atoms with E-state index < -0.39 is 5.63 Å². The first-order valence-corrected chi connectivity index (χ1v) is 8.40. The first-order valence-electron chi connectivity index (χ1n) is 8.40. The third-order valence-electron chi connectivity index (χ3n) is 3.87. The molecule has 0 radical (unpaired) electrons. The van der Waals surface area contributed by atoms with Crippen molar-refractivity contribution < 1.29 is 23.5 Å². The Morgan fingerprint density at radius 3 is 2.71 bits per heavy atom. The summed E-state index contributed by atoms with van der Waals surface area (Å²) in [6.07, 6.45) is 1.64. The third-order valence-corrected chi connectivity index (χ3v) is 3.87. The van der Waals surface area contributed by atoms with Gasteiger partial charge < -0.3 is 23.5 Å². The minimum atomic E-state index is -0.644. The summed E-state index contributed by atoms with van der Waals surface area (Å²) in [5.41, 5.74) is 0.0789. The molecular formula is C19H19N3O6. The Morgan fingerprint density at radius 1 is 1.21 bits per heavy atom. The molecule has 0 spiro atoms. The number of rotatable bonds is 7. The van der Waals surface area contributed by atoms with Gasteiger partial charge in [0.15, 0.2) is 11.5 Å². The lowest BCUT2D eigenvalue weighted by Gasteiger charge is -2.07. The van der Waals surface area contributed by atoms with Gasteiger partial charge in [0.25, 0.3) is 0 Å². The van der Waals surface area contributed by atoms with E-state index in [4.69, 9.17) is 18.4 Å². The summed E-state index contributed by atoms with van der Waals surface area (Å²) in [7, 11) is 3.11. The summed E-state index contributed by atoms with van der Waals surface area (Å²) in [6, 6.07) is 6.67. The number of aryl methyl sites for hydroxylation is 1. The van der Waals surface area contributed by atoms with Crippen LogP contribution in [-0.2, 0) is 6.42 Å². The van der Waals surface area contributed by atoms with Gasteiger partial charge in [-0.15, -0.1) is 0 Å². The second-order valence-electron chi connectivity index (χ2n) is 5.81. The Balaban J connectivity index is 1.67. The minimum absolute atomic E-state index is 0.00199. The van der Waals surface area contributed by atoms with Crippen molar-refractivity contribution in [3.8, 4) is 28.6 Å². The molecule has 28 heavy (non-hydrogen) atoms. The first kappa shape index (κ1) is 19.2.